The summed E-state index contributed by atoms with van der Waals surface area (Å²) >= 11 is 0. The van der Waals surface area contributed by atoms with Gasteiger partial charge in [-0.15, -0.1) is 6.42 Å². The number of hydrogen-bond donors (Lipinski definition) is 0. The lowest BCUT2D eigenvalue weighted by atomic mass is 9.88. The molecule has 0 unspecified atom stereocenters. The molecule has 5 nitrogen and oxygen atoms in total. The zero-order valence-electron chi connectivity index (χ0n) is 13.4. The molecule has 2 fully saturated rings. The number of hydrogen-bond acceptors (Lipinski definition) is 4. The van der Waals surface area contributed by atoms with Gasteiger partial charge in [0.15, 0.2) is 0 Å². The standard InChI is InChI=1S/C16H26N2O3/c1-5-16(6-12-20-13-7-16)18-10-8-17(9-11-18)14(19)21-15(2,3)4/h1H,6-13H2,2-4H3. The van der Waals surface area contributed by atoms with Crippen LogP contribution in [0.25, 0.3) is 0 Å². The van der Waals surface area contributed by atoms with Gasteiger partial charge in [0.05, 0.1) is 5.54 Å². The van der Waals surface area contributed by atoms with E-state index in [0.717, 1.165) is 39.1 Å². The monoisotopic (exact) mass is 294 g/mol. The van der Waals surface area contributed by atoms with Gasteiger partial charge in [-0.1, -0.05) is 5.92 Å². The second kappa shape index (κ2) is 6.25. The van der Waals surface area contributed by atoms with Crippen molar-refractivity contribution < 1.29 is 14.3 Å². The molecule has 0 saturated carbocycles. The molecule has 0 bridgehead atoms. The van der Waals surface area contributed by atoms with Gasteiger partial charge in [0, 0.05) is 52.2 Å². The predicted molar refractivity (Wildman–Crippen MR) is 81.0 cm³/mol. The van der Waals surface area contributed by atoms with E-state index >= 15 is 0 Å². The van der Waals surface area contributed by atoms with Crippen LogP contribution in [-0.2, 0) is 9.47 Å². The van der Waals surface area contributed by atoms with Crippen LogP contribution in [0, 0.1) is 12.3 Å². The van der Waals surface area contributed by atoms with Crippen LogP contribution in [0.15, 0.2) is 0 Å². The molecule has 2 aliphatic rings. The maximum atomic E-state index is 12.1. The zero-order valence-corrected chi connectivity index (χ0v) is 13.4. The van der Waals surface area contributed by atoms with Gasteiger partial charge in [0.1, 0.15) is 5.60 Å². The summed E-state index contributed by atoms with van der Waals surface area (Å²) in [5.41, 5.74) is -0.646. The average molecular weight is 294 g/mol. The summed E-state index contributed by atoms with van der Waals surface area (Å²) in [7, 11) is 0. The average Bonchev–Trinajstić information content (AvgIpc) is 2.46. The third-order valence-corrected chi connectivity index (χ3v) is 4.13. The Bertz CT molecular complexity index is 408. The Morgan fingerprint density at radius 2 is 1.76 bits per heavy atom. The van der Waals surface area contributed by atoms with Gasteiger partial charge in [-0.05, 0) is 20.8 Å². The van der Waals surface area contributed by atoms with E-state index in [9.17, 15) is 4.79 Å². The van der Waals surface area contributed by atoms with E-state index in [0.29, 0.717) is 13.1 Å². The summed E-state index contributed by atoms with van der Waals surface area (Å²) in [4.78, 5) is 16.2. The molecule has 2 rings (SSSR count). The SMILES string of the molecule is C#CC1(N2CCN(C(=O)OC(C)(C)C)CC2)CCOCC1. The Balaban J connectivity index is 1.91. The van der Waals surface area contributed by atoms with Crippen LogP contribution in [0.1, 0.15) is 33.6 Å². The molecular formula is C16H26N2O3. The first kappa shape index (κ1) is 16.1. The van der Waals surface area contributed by atoms with Crippen LogP contribution >= 0.6 is 0 Å². The summed E-state index contributed by atoms with van der Waals surface area (Å²) in [6, 6.07) is 0. The summed E-state index contributed by atoms with van der Waals surface area (Å²) in [6.45, 7) is 10.0. The van der Waals surface area contributed by atoms with Gasteiger partial charge in [-0.25, -0.2) is 4.79 Å². The molecule has 2 heterocycles. The summed E-state index contributed by atoms with van der Waals surface area (Å²) in [6.07, 6.45) is 7.30. The number of piperazine rings is 1. The first-order valence-electron chi connectivity index (χ1n) is 7.65. The first-order valence-corrected chi connectivity index (χ1v) is 7.65. The number of ether oxygens (including phenoxy) is 2. The van der Waals surface area contributed by atoms with Gasteiger partial charge in [0.25, 0.3) is 0 Å². The zero-order chi connectivity index (χ0) is 15.5. The predicted octanol–water partition coefficient (Wildman–Crippen LogP) is 1.72. The van der Waals surface area contributed by atoms with Gasteiger partial charge in [-0.3, -0.25) is 4.90 Å². The molecule has 2 saturated heterocycles. The van der Waals surface area contributed by atoms with Crippen molar-refractivity contribution in [2.75, 3.05) is 39.4 Å². The molecule has 0 aromatic rings. The fraction of sp³-hybridized carbons (Fsp3) is 0.812. The molecule has 0 aromatic heterocycles. The van der Waals surface area contributed by atoms with Crippen LogP contribution < -0.4 is 0 Å². The Morgan fingerprint density at radius 3 is 2.24 bits per heavy atom. The minimum absolute atomic E-state index is 0.196. The fourth-order valence-corrected chi connectivity index (χ4v) is 2.90. The Hall–Kier alpha value is -1.25. The number of nitrogens with zero attached hydrogens (tertiary/aromatic N) is 2. The van der Waals surface area contributed by atoms with E-state index in [1.54, 1.807) is 4.90 Å². The highest BCUT2D eigenvalue weighted by Gasteiger charge is 2.39. The maximum absolute atomic E-state index is 12.1. The molecule has 118 valence electrons. The van der Waals surface area contributed by atoms with Crippen molar-refractivity contribution in [3.63, 3.8) is 0 Å². The fourth-order valence-electron chi connectivity index (χ4n) is 2.90. The van der Waals surface area contributed by atoms with Crippen molar-refractivity contribution in [1.82, 2.24) is 9.80 Å². The van der Waals surface area contributed by atoms with Gasteiger partial charge in [0.2, 0.25) is 0 Å². The van der Waals surface area contributed by atoms with Crippen LogP contribution in [0.2, 0.25) is 0 Å². The molecule has 0 aromatic carbocycles. The molecule has 0 spiro atoms. The van der Waals surface area contributed by atoms with E-state index in [2.05, 4.69) is 10.8 Å². The third kappa shape index (κ3) is 3.90. The van der Waals surface area contributed by atoms with Crippen molar-refractivity contribution in [2.45, 2.75) is 44.8 Å². The van der Waals surface area contributed by atoms with E-state index in [-0.39, 0.29) is 11.6 Å². The molecule has 0 atom stereocenters. The molecule has 5 heteroatoms. The number of carbonyl (C=O) groups excluding carboxylic acids is 1. The van der Waals surface area contributed by atoms with E-state index < -0.39 is 5.60 Å². The Morgan fingerprint density at radius 1 is 1.19 bits per heavy atom. The summed E-state index contributed by atoms with van der Waals surface area (Å²) in [5, 5.41) is 0. The third-order valence-electron chi connectivity index (χ3n) is 4.13. The van der Waals surface area contributed by atoms with E-state index in [4.69, 9.17) is 15.9 Å². The molecule has 2 aliphatic heterocycles. The van der Waals surface area contributed by atoms with E-state index in [1.807, 2.05) is 20.8 Å². The number of amides is 1. The van der Waals surface area contributed by atoms with Crippen molar-refractivity contribution in [2.24, 2.45) is 0 Å². The second-order valence-corrected chi connectivity index (χ2v) is 6.74. The smallest absolute Gasteiger partial charge is 0.410 e. The topological polar surface area (TPSA) is 42.0 Å². The largest absolute Gasteiger partial charge is 0.444 e. The van der Waals surface area contributed by atoms with Crippen LogP contribution in [0.5, 0.6) is 0 Å². The van der Waals surface area contributed by atoms with Gasteiger partial charge in [-0.2, -0.15) is 0 Å². The highest BCUT2D eigenvalue weighted by molar-refractivity contribution is 5.68. The van der Waals surface area contributed by atoms with Crippen LogP contribution in [-0.4, -0.2) is 66.4 Å². The molecule has 0 aliphatic carbocycles. The minimum atomic E-state index is -0.449. The maximum Gasteiger partial charge on any atom is 0.410 e. The van der Waals surface area contributed by atoms with Crippen LogP contribution in [0.3, 0.4) is 0 Å². The minimum Gasteiger partial charge on any atom is -0.444 e. The lowest BCUT2D eigenvalue weighted by Crippen LogP contribution is -2.59. The summed E-state index contributed by atoms with van der Waals surface area (Å²) < 4.78 is 10.8. The van der Waals surface area contributed by atoms with Crippen molar-refractivity contribution in [1.29, 1.82) is 0 Å². The molecular weight excluding hydrogens is 268 g/mol. The van der Waals surface area contributed by atoms with Gasteiger partial charge >= 0.3 is 6.09 Å². The van der Waals surface area contributed by atoms with Crippen LogP contribution in [0.4, 0.5) is 4.79 Å². The second-order valence-electron chi connectivity index (χ2n) is 6.74. The number of rotatable bonds is 1. The lowest BCUT2D eigenvalue weighted by Gasteiger charge is -2.46. The highest BCUT2D eigenvalue weighted by atomic mass is 16.6. The molecule has 0 N–H and O–H groups in total. The first-order chi connectivity index (χ1) is 9.86. The van der Waals surface area contributed by atoms with Crippen molar-refractivity contribution >= 4 is 6.09 Å². The van der Waals surface area contributed by atoms with Crippen molar-refractivity contribution in [3.8, 4) is 12.3 Å². The van der Waals surface area contributed by atoms with E-state index in [1.165, 1.54) is 0 Å². The quantitative estimate of drug-likeness (QED) is 0.691. The highest BCUT2D eigenvalue weighted by Crippen LogP contribution is 2.28. The molecule has 0 radical (unpaired) electrons. The Labute approximate surface area is 127 Å². The van der Waals surface area contributed by atoms with Crippen molar-refractivity contribution in [3.05, 3.63) is 0 Å². The van der Waals surface area contributed by atoms with Gasteiger partial charge < -0.3 is 14.4 Å². The lowest BCUT2D eigenvalue weighted by molar-refractivity contribution is -0.0264. The Kier molecular flexibility index (Phi) is 4.80. The molecule has 1 amide bonds. The molecule has 21 heavy (non-hydrogen) atoms. The summed E-state index contributed by atoms with van der Waals surface area (Å²) in [5.74, 6) is 2.98. The number of terminal acetylenes is 1. The normalized spacial score (nSPS) is 23.4. The number of carbonyl (C=O) groups is 1.